The molecule has 0 atom stereocenters. The van der Waals surface area contributed by atoms with Crippen LogP contribution < -0.4 is 10.2 Å². The number of unbranched alkanes of at least 4 members (excludes halogenated alkanes) is 1. The number of ether oxygens (including phenoxy) is 2. The third-order valence-electron chi connectivity index (χ3n) is 4.80. The fourth-order valence-electron chi connectivity index (χ4n) is 2.47. The molecule has 0 spiro atoms. The molecule has 1 aromatic rings. The summed E-state index contributed by atoms with van der Waals surface area (Å²) < 4.78 is 23.3. The van der Waals surface area contributed by atoms with Gasteiger partial charge in [-0.1, -0.05) is 12.1 Å². The molecule has 1 heterocycles. The summed E-state index contributed by atoms with van der Waals surface area (Å²) in [5.74, 6) is 0.834. The van der Waals surface area contributed by atoms with Gasteiger partial charge < -0.3 is 23.9 Å². The number of hydrogen-bond acceptors (Lipinski definition) is 5. The normalized spacial score (nSPS) is 18.5. The molecule has 0 radical (unpaired) electrons. The highest BCUT2D eigenvalue weighted by atomic mass is 16.7. The van der Waals surface area contributed by atoms with Crippen molar-refractivity contribution in [1.29, 1.82) is 0 Å². The van der Waals surface area contributed by atoms with Gasteiger partial charge in [0.05, 0.1) is 17.8 Å². The van der Waals surface area contributed by atoms with Gasteiger partial charge in [0.1, 0.15) is 5.75 Å². The van der Waals surface area contributed by atoms with E-state index in [1.54, 1.807) is 0 Å². The third kappa shape index (κ3) is 5.71. The molecule has 0 amide bonds. The summed E-state index contributed by atoms with van der Waals surface area (Å²) in [6, 6.07) is 7.87. The Hall–Kier alpha value is -1.08. The van der Waals surface area contributed by atoms with Crippen molar-refractivity contribution in [3.63, 3.8) is 0 Å². The highest BCUT2D eigenvalue weighted by Gasteiger charge is 2.51. The molecule has 1 aliphatic rings. The molecule has 0 aromatic heterocycles. The second kappa shape index (κ2) is 9.03. The van der Waals surface area contributed by atoms with E-state index in [2.05, 4.69) is 27.7 Å². The van der Waals surface area contributed by atoms with Crippen LogP contribution in [0.2, 0.25) is 0 Å². The van der Waals surface area contributed by atoms with Gasteiger partial charge in [0.2, 0.25) is 0 Å². The Labute approximate surface area is 151 Å². The topological polar surface area (TPSA) is 57.2 Å². The van der Waals surface area contributed by atoms with E-state index in [9.17, 15) is 0 Å². The van der Waals surface area contributed by atoms with Crippen LogP contribution in [0.1, 0.15) is 47.0 Å². The van der Waals surface area contributed by atoms with Crippen molar-refractivity contribution < 1.29 is 23.9 Å². The summed E-state index contributed by atoms with van der Waals surface area (Å²) in [6.45, 7) is 10.4. The zero-order valence-corrected chi connectivity index (χ0v) is 15.9. The molecule has 1 saturated heterocycles. The fraction of sp³-hybridized carbons (Fsp3) is 0.684. The van der Waals surface area contributed by atoms with Crippen LogP contribution in [0.4, 0.5) is 0 Å². The Morgan fingerprint density at radius 3 is 2.08 bits per heavy atom. The maximum Gasteiger partial charge on any atom is 0.494 e. The van der Waals surface area contributed by atoms with E-state index in [4.69, 9.17) is 23.9 Å². The second-order valence-electron chi connectivity index (χ2n) is 7.40. The van der Waals surface area contributed by atoms with Gasteiger partial charge in [-0.15, -0.1) is 0 Å². The molecule has 6 heteroatoms. The zero-order valence-electron chi connectivity index (χ0n) is 15.9. The number of rotatable bonds is 10. The number of aliphatic hydroxyl groups is 1. The average Bonchev–Trinajstić information content (AvgIpc) is 2.78. The van der Waals surface area contributed by atoms with Gasteiger partial charge in [0.15, 0.2) is 0 Å². The molecule has 0 bridgehead atoms. The first-order chi connectivity index (χ1) is 11.9. The summed E-state index contributed by atoms with van der Waals surface area (Å²) >= 11 is 0. The Morgan fingerprint density at radius 2 is 1.48 bits per heavy atom. The minimum Gasteiger partial charge on any atom is -0.494 e. The zero-order chi connectivity index (χ0) is 18.3. The lowest BCUT2D eigenvalue weighted by atomic mass is 9.79. The molecule has 0 unspecified atom stereocenters. The monoisotopic (exact) mass is 350 g/mol. The lowest BCUT2D eigenvalue weighted by Crippen LogP contribution is -2.41. The molecule has 1 aromatic carbocycles. The van der Waals surface area contributed by atoms with E-state index in [1.165, 1.54) is 0 Å². The number of benzene rings is 1. The summed E-state index contributed by atoms with van der Waals surface area (Å²) in [7, 11) is -0.341. The molecule has 25 heavy (non-hydrogen) atoms. The number of aliphatic hydroxyl groups excluding tert-OH is 1. The average molecular weight is 350 g/mol. The van der Waals surface area contributed by atoms with Crippen LogP contribution in [0.3, 0.4) is 0 Å². The SMILES string of the molecule is CC1(C)OB(c2ccc(OCCCOCCCCO)cc2)OC1(C)C. The van der Waals surface area contributed by atoms with Crippen LogP contribution in [0.5, 0.6) is 5.75 Å². The molecule has 5 nitrogen and oxygen atoms in total. The predicted molar refractivity (Wildman–Crippen MR) is 99.4 cm³/mol. The first-order valence-corrected chi connectivity index (χ1v) is 9.13. The van der Waals surface area contributed by atoms with Gasteiger partial charge in [-0.3, -0.25) is 0 Å². The Bertz CT molecular complexity index is 499. The van der Waals surface area contributed by atoms with E-state index in [0.717, 1.165) is 30.5 Å². The molecule has 0 aliphatic carbocycles. The molecule has 140 valence electrons. The van der Waals surface area contributed by atoms with Crippen molar-refractivity contribution in [1.82, 2.24) is 0 Å². The summed E-state index contributed by atoms with van der Waals surface area (Å²) in [5.41, 5.74) is 0.340. The predicted octanol–water partition coefficient (Wildman–Crippen LogP) is 2.54. The van der Waals surface area contributed by atoms with Crippen molar-refractivity contribution >= 4 is 12.6 Å². The van der Waals surface area contributed by atoms with Crippen molar-refractivity contribution in [2.75, 3.05) is 26.4 Å². The summed E-state index contributed by atoms with van der Waals surface area (Å²) in [4.78, 5) is 0. The van der Waals surface area contributed by atoms with Crippen molar-refractivity contribution in [2.24, 2.45) is 0 Å². The summed E-state index contributed by atoms with van der Waals surface area (Å²) in [5, 5.41) is 8.68. The highest BCUT2D eigenvalue weighted by Crippen LogP contribution is 2.36. The van der Waals surface area contributed by atoms with E-state index in [-0.39, 0.29) is 24.9 Å². The molecule has 1 aliphatic heterocycles. The van der Waals surface area contributed by atoms with Crippen molar-refractivity contribution in [3.05, 3.63) is 24.3 Å². The third-order valence-corrected chi connectivity index (χ3v) is 4.80. The van der Waals surface area contributed by atoms with Crippen LogP contribution in [-0.4, -0.2) is 49.9 Å². The van der Waals surface area contributed by atoms with Crippen LogP contribution in [0.25, 0.3) is 0 Å². The van der Waals surface area contributed by atoms with E-state index in [1.807, 2.05) is 24.3 Å². The van der Waals surface area contributed by atoms with Crippen LogP contribution in [0.15, 0.2) is 24.3 Å². The Balaban J connectivity index is 1.70. The quantitative estimate of drug-likeness (QED) is 0.519. The maximum absolute atomic E-state index is 8.68. The van der Waals surface area contributed by atoms with E-state index < -0.39 is 0 Å². The number of hydrogen-bond donors (Lipinski definition) is 1. The largest absolute Gasteiger partial charge is 0.494 e. The summed E-state index contributed by atoms with van der Waals surface area (Å²) in [6.07, 6.45) is 2.54. The fourth-order valence-corrected chi connectivity index (χ4v) is 2.47. The van der Waals surface area contributed by atoms with Crippen LogP contribution >= 0.6 is 0 Å². The van der Waals surface area contributed by atoms with E-state index >= 15 is 0 Å². The first kappa shape index (κ1) is 20.2. The standard InChI is InChI=1S/C19H31BO5/c1-18(2)19(3,4)25-20(24-18)16-8-10-17(11-9-16)23-15-7-14-22-13-6-5-12-21/h8-11,21H,5-7,12-15H2,1-4H3. The molecule has 0 saturated carbocycles. The second-order valence-corrected chi connectivity index (χ2v) is 7.40. The van der Waals surface area contributed by atoms with Gasteiger partial charge in [-0.05, 0) is 58.1 Å². The van der Waals surface area contributed by atoms with Gasteiger partial charge in [-0.2, -0.15) is 0 Å². The molecule has 1 N–H and O–H groups in total. The van der Waals surface area contributed by atoms with Gasteiger partial charge in [-0.25, -0.2) is 0 Å². The minimum atomic E-state index is -0.341. The highest BCUT2D eigenvalue weighted by molar-refractivity contribution is 6.62. The van der Waals surface area contributed by atoms with Gasteiger partial charge in [0, 0.05) is 26.2 Å². The van der Waals surface area contributed by atoms with Gasteiger partial charge >= 0.3 is 7.12 Å². The first-order valence-electron chi connectivity index (χ1n) is 9.13. The Morgan fingerprint density at radius 1 is 0.880 bits per heavy atom. The van der Waals surface area contributed by atoms with Crippen LogP contribution in [0, 0.1) is 0 Å². The molecular weight excluding hydrogens is 319 g/mol. The smallest absolute Gasteiger partial charge is 0.494 e. The van der Waals surface area contributed by atoms with Gasteiger partial charge in [0.25, 0.3) is 0 Å². The lowest BCUT2D eigenvalue weighted by molar-refractivity contribution is 0.00578. The Kier molecular flexibility index (Phi) is 7.31. The molecule has 2 rings (SSSR count). The minimum absolute atomic E-state index is 0.231. The van der Waals surface area contributed by atoms with E-state index in [0.29, 0.717) is 19.8 Å². The van der Waals surface area contributed by atoms with Crippen molar-refractivity contribution in [2.45, 2.75) is 58.2 Å². The maximum atomic E-state index is 8.68. The lowest BCUT2D eigenvalue weighted by Gasteiger charge is -2.32. The van der Waals surface area contributed by atoms with Crippen LogP contribution in [-0.2, 0) is 14.0 Å². The molecular formula is C19H31BO5. The van der Waals surface area contributed by atoms with Crippen molar-refractivity contribution in [3.8, 4) is 5.75 Å². The molecule has 1 fully saturated rings.